The number of halogens is 2. The number of para-hydroxylation sites is 1. The van der Waals surface area contributed by atoms with Gasteiger partial charge in [-0.2, -0.15) is 0 Å². The monoisotopic (exact) mass is 406 g/mol. The van der Waals surface area contributed by atoms with E-state index in [0.717, 1.165) is 30.6 Å². The highest BCUT2D eigenvalue weighted by molar-refractivity contribution is 9.10. The smallest absolute Gasteiger partial charge is 0.404 e. The second kappa shape index (κ2) is 6.22. The molecule has 2 N–H and O–H groups in total. The lowest BCUT2D eigenvalue weighted by Gasteiger charge is -2.42. The van der Waals surface area contributed by atoms with Gasteiger partial charge in [0.2, 0.25) is 0 Å². The van der Waals surface area contributed by atoms with E-state index in [9.17, 15) is 14.3 Å². The van der Waals surface area contributed by atoms with Gasteiger partial charge in [-0.25, -0.2) is 9.18 Å². The second-order valence-corrected chi connectivity index (χ2v) is 7.07. The highest BCUT2D eigenvalue weighted by Crippen LogP contribution is 2.50. The van der Waals surface area contributed by atoms with Crippen molar-refractivity contribution >= 4 is 27.7 Å². The molecule has 0 aromatic heterocycles. The molecule has 1 saturated heterocycles. The number of piperidine rings is 1. The number of anilines is 1. The fourth-order valence-electron chi connectivity index (χ4n) is 3.78. The predicted octanol–water partition coefficient (Wildman–Crippen LogP) is 4.67. The minimum absolute atomic E-state index is 0.218. The molecule has 7 heteroatoms. The van der Waals surface area contributed by atoms with Crippen LogP contribution in [-0.2, 0) is 0 Å². The van der Waals surface area contributed by atoms with Gasteiger partial charge in [-0.15, -0.1) is 0 Å². The summed E-state index contributed by atoms with van der Waals surface area (Å²) in [7, 11) is 0. The van der Waals surface area contributed by atoms with Crippen molar-refractivity contribution in [2.75, 3.05) is 11.4 Å². The van der Waals surface area contributed by atoms with E-state index >= 15 is 0 Å². The molecule has 2 aromatic carbocycles. The molecule has 25 heavy (non-hydrogen) atoms. The Morgan fingerprint density at radius 3 is 2.92 bits per heavy atom. The standard InChI is InChI=1S/C18H16BrFN2O3/c19-12-8-10(20)9-15-17(12)22-7-3-5-13(21-18(23)24)16(22)11-4-1-2-6-14(11)25-15/h1-2,4,6,8-9,13,16,21H,3,5,7H2,(H,23,24)/t13-,16-/m0/s1. The molecule has 2 aliphatic heterocycles. The van der Waals surface area contributed by atoms with Crippen molar-refractivity contribution in [2.24, 2.45) is 0 Å². The molecule has 2 aliphatic rings. The van der Waals surface area contributed by atoms with Crippen LogP contribution in [0.25, 0.3) is 0 Å². The Morgan fingerprint density at radius 2 is 2.12 bits per heavy atom. The number of ether oxygens (including phenoxy) is 1. The summed E-state index contributed by atoms with van der Waals surface area (Å²) in [5, 5.41) is 11.9. The first kappa shape index (κ1) is 16.2. The first-order valence-electron chi connectivity index (χ1n) is 8.06. The zero-order valence-corrected chi connectivity index (χ0v) is 14.8. The molecule has 0 saturated carbocycles. The van der Waals surface area contributed by atoms with Gasteiger partial charge < -0.3 is 20.1 Å². The Labute approximate surface area is 152 Å². The molecule has 1 amide bonds. The molecule has 5 nitrogen and oxygen atoms in total. The van der Waals surface area contributed by atoms with E-state index in [1.807, 2.05) is 24.3 Å². The zero-order valence-electron chi connectivity index (χ0n) is 13.2. The lowest BCUT2D eigenvalue weighted by molar-refractivity contribution is 0.184. The number of fused-ring (bicyclic) bond motifs is 5. The van der Waals surface area contributed by atoms with Crippen LogP contribution in [0.2, 0.25) is 0 Å². The van der Waals surface area contributed by atoms with E-state index in [0.29, 0.717) is 16.0 Å². The van der Waals surface area contributed by atoms with Crippen LogP contribution in [0.1, 0.15) is 24.4 Å². The van der Waals surface area contributed by atoms with E-state index in [2.05, 4.69) is 26.1 Å². The van der Waals surface area contributed by atoms with E-state index < -0.39 is 11.9 Å². The van der Waals surface area contributed by atoms with Crippen molar-refractivity contribution in [3.8, 4) is 11.5 Å². The van der Waals surface area contributed by atoms with Crippen molar-refractivity contribution in [3.63, 3.8) is 0 Å². The summed E-state index contributed by atoms with van der Waals surface area (Å²) in [6, 6.07) is 9.79. The van der Waals surface area contributed by atoms with Crippen LogP contribution in [0, 0.1) is 5.82 Å². The lowest BCUT2D eigenvalue weighted by Crippen LogP contribution is -2.49. The number of hydrogen-bond donors (Lipinski definition) is 2. The van der Waals surface area contributed by atoms with Crippen molar-refractivity contribution in [1.29, 1.82) is 0 Å². The quantitative estimate of drug-likeness (QED) is 0.721. The Bertz CT molecular complexity index is 845. The SMILES string of the molecule is O=C(O)N[C@H]1CCCN2c3c(Br)cc(F)cc3Oc3ccccc3[C@@H]12. The Morgan fingerprint density at radius 1 is 1.32 bits per heavy atom. The normalized spacial score (nSPS) is 21.3. The summed E-state index contributed by atoms with van der Waals surface area (Å²) in [6.07, 6.45) is 0.510. The van der Waals surface area contributed by atoms with Gasteiger partial charge in [0, 0.05) is 22.6 Å². The summed E-state index contributed by atoms with van der Waals surface area (Å²) >= 11 is 3.45. The number of carbonyl (C=O) groups is 1. The maximum absolute atomic E-state index is 13.9. The van der Waals surface area contributed by atoms with Crippen molar-refractivity contribution in [2.45, 2.75) is 24.9 Å². The highest BCUT2D eigenvalue weighted by atomic mass is 79.9. The molecule has 4 rings (SSSR count). The second-order valence-electron chi connectivity index (χ2n) is 6.21. The Kier molecular flexibility index (Phi) is 4.03. The van der Waals surface area contributed by atoms with Gasteiger partial charge in [0.25, 0.3) is 0 Å². The first-order valence-corrected chi connectivity index (χ1v) is 8.86. The van der Waals surface area contributed by atoms with Gasteiger partial charge in [-0.1, -0.05) is 18.2 Å². The Balaban J connectivity index is 1.92. The highest BCUT2D eigenvalue weighted by Gasteiger charge is 2.39. The van der Waals surface area contributed by atoms with Gasteiger partial charge >= 0.3 is 6.09 Å². The van der Waals surface area contributed by atoms with Gasteiger partial charge in [0.05, 0.1) is 17.8 Å². The predicted molar refractivity (Wildman–Crippen MR) is 94.9 cm³/mol. The number of hydrogen-bond acceptors (Lipinski definition) is 3. The lowest BCUT2D eigenvalue weighted by atomic mass is 9.89. The van der Waals surface area contributed by atoms with Crippen molar-refractivity contribution in [1.82, 2.24) is 5.32 Å². The fourth-order valence-corrected chi connectivity index (χ4v) is 4.42. The average Bonchev–Trinajstić information content (AvgIpc) is 2.68. The molecule has 2 aromatic rings. The first-order chi connectivity index (χ1) is 12.0. The molecular weight excluding hydrogens is 391 g/mol. The fraction of sp³-hybridized carbons (Fsp3) is 0.278. The third-order valence-electron chi connectivity index (χ3n) is 4.68. The zero-order chi connectivity index (χ0) is 17.6. The number of rotatable bonds is 1. The van der Waals surface area contributed by atoms with Crippen LogP contribution >= 0.6 is 15.9 Å². The van der Waals surface area contributed by atoms with Crippen LogP contribution < -0.4 is 15.0 Å². The molecule has 130 valence electrons. The molecule has 0 unspecified atom stereocenters. The molecule has 2 heterocycles. The van der Waals surface area contributed by atoms with Gasteiger partial charge in [0.15, 0.2) is 5.75 Å². The summed E-state index contributed by atoms with van der Waals surface area (Å²) < 4.78 is 20.5. The molecule has 0 spiro atoms. The number of carboxylic acid groups (broad SMARTS) is 1. The van der Waals surface area contributed by atoms with Crippen LogP contribution in [0.3, 0.4) is 0 Å². The summed E-state index contributed by atoms with van der Waals surface area (Å²) in [6.45, 7) is 0.734. The third kappa shape index (κ3) is 2.82. The van der Waals surface area contributed by atoms with Crippen LogP contribution in [0.15, 0.2) is 40.9 Å². The van der Waals surface area contributed by atoms with E-state index in [1.54, 1.807) is 0 Å². The summed E-state index contributed by atoms with van der Waals surface area (Å²) in [4.78, 5) is 13.4. The average molecular weight is 407 g/mol. The molecule has 0 radical (unpaired) electrons. The van der Waals surface area contributed by atoms with E-state index in [4.69, 9.17) is 4.74 Å². The largest absolute Gasteiger partial charge is 0.465 e. The summed E-state index contributed by atoms with van der Waals surface area (Å²) in [5.41, 5.74) is 1.64. The van der Waals surface area contributed by atoms with Crippen molar-refractivity contribution in [3.05, 3.63) is 52.3 Å². The van der Waals surface area contributed by atoms with Gasteiger partial charge in [0.1, 0.15) is 11.6 Å². The molecule has 1 fully saturated rings. The molecule has 0 aliphatic carbocycles. The van der Waals surface area contributed by atoms with Crippen LogP contribution in [0.4, 0.5) is 14.9 Å². The number of nitrogens with zero attached hydrogens (tertiary/aromatic N) is 1. The minimum Gasteiger partial charge on any atom is -0.465 e. The number of benzene rings is 2. The van der Waals surface area contributed by atoms with Crippen LogP contribution in [-0.4, -0.2) is 23.8 Å². The van der Waals surface area contributed by atoms with E-state index in [1.165, 1.54) is 12.1 Å². The van der Waals surface area contributed by atoms with Gasteiger partial charge in [-0.05, 0) is 40.9 Å². The number of nitrogens with one attached hydrogen (secondary N) is 1. The summed E-state index contributed by atoms with van der Waals surface area (Å²) in [5.74, 6) is 0.657. The van der Waals surface area contributed by atoms with Crippen molar-refractivity contribution < 1.29 is 19.0 Å². The maximum Gasteiger partial charge on any atom is 0.404 e. The molecule has 0 bridgehead atoms. The maximum atomic E-state index is 13.9. The minimum atomic E-state index is -1.05. The van der Waals surface area contributed by atoms with Crippen LogP contribution in [0.5, 0.6) is 11.5 Å². The molecule has 2 atom stereocenters. The topological polar surface area (TPSA) is 61.8 Å². The van der Waals surface area contributed by atoms with Gasteiger partial charge in [-0.3, -0.25) is 0 Å². The third-order valence-corrected chi connectivity index (χ3v) is 5.28. The van der Waals surface area contributed by atoms with E-state index in [-0.39, 0.29) is 12.1 Å². The number of amides is 1. The molecular formula is C18H16BrFN2O3. The Hall–Kier alpha value is -2.28.